The Labute approximate surface area is 204 Å². The number of thiazole rings is 1. The van der Waals surface area contributed by atoms with E-state index in [2.05, 4.69) is 20.6 Å². The first-order chi connectivity index (χ1) is 16.5. The lowest BCUT2D eigenvalue weighted by atomic mass is 10.1. The molecule has 2 N–H and O–H groups in total. The summed E-state index contributed by atoms with van der Waals surface area (Å²) in [5.41, 5.74) is 2.18. The molecule has 3 heterocycles. The van der Waals surface area contributed by atoms with Gasteiger partial charge < -0.3 is 15.5 Å². The van der Waals surface area contributed by atoms with E-state index in [1.54, 1.807) is 6.07 Å². The van der Waals surface area contributed by atoms with Gasteiger partial charge in [0.1, 0.15) is 5.69 Å². The first kappa shape index (κ1) is 24.3. The molecular weight excluding hydrogens is 448 g/mol. The smallest absolute Gasteiger partial charge is 0.267 e. The third-order valence-corrected chi connectivity index (χ3v) is 6.80. The Balaban J connectivity index is 1.48. The fraction of sp³-hybridized carbons (Fsp3) is 0.440. The topological polar surface area (TPSA) is 92.2 Å². The molecule has 1 aliphatic heterocycles. The third kappa shape index (κ3) is 6.16. The first-order valence-corrected chi connectivity index (χ1v) is 12.7. The van der Waals surface area contributed by atoms with Crippen molar-refractivity contribution in [3.8, 4) is 21.8 Å². The standard InChI is InChI=1S/C25H32N6O2S/c1-18(2)31-22(33)12-11-20(29-31)24-23(19-9-5-3-6-10-19)28-25(34-24)27-21(32)17-26-13-16-30-14-7-4-8-15-30/h3,5-6,9-12,18,26H,4,7-8,13-17H2,1-2H3,(H,27,28,32). The van der Waals surface area contributed by atoms with Crippen LogP contribution in [0, 0.1) is 0 Å². The molecule has 0 bridgehead atoms. The van der Waals surface area contributed by atoms with Gasteiger partial charge in [0.05, 0.1) is 23.2 Å². The van der Waals surface area contributed by atoms with Crippen LogP contribution in [0.25, 0.3) is 21.8 Å². The normalized spacial score (nSPS) is 14.4. The second-order valence-electron chi connectivity index (χ2n) is 8.79. The van der Waals surface area contributed by atoms with Gasteiger partial charge >= 0.3 is 0 Å². The number of amides is 1. The minimum absolute atomic E-state index is 0.0595. The monoisotopic (exact) mass is 480 g/mol. The molecule has 34 heavy (non-hydrogen) atoms. The van der Waals surface area contributed by atoms with Crippen LogP contribution in [0.3, 0.4) is 0 Å². The number of hydrogen-bond donors (Lipinski definition) is 2. The second kappa shape index (κ2) is 11.5. The minimum atomic E-state index is -0.145. The van der Waals surface area contributed by atoms with E-state index in [1.807, 2.05) is 44.2 Å². The Hall–Kier alpha value is -2.88. The Morgan fingerprint density at radius 1 is 1.09 bits per heavy atom. The lowest BCUT2D eigenvalue weighted by Crippen LogP contribution is -2.38. The van der Waals surface area contributed by atoms with E-state index in [9.17, 15) is 9.59 Å². The number of benzene rings is 1. The summed E-state index contributed by atoms with van der Waals surface area (Å²) in [7, 11) is 0. The van der Waals surface area contributed by atoms with Gasteiger partial charge in [-0.1, -0.05) is 48.1 Å². The molecule has 2 aromatic heterocycles. The van der Waals surface area contributed by atoms with Crippen molar-refractivity contribution in [2.45, 2.75) is 39.2 Å². The average molecular weight is 481 g/mol. The molecule has 4 rings (SSSR count). The zero-order chi connectivity index (χ0) is 23.9. The predicted octanol–water partition coefficient (Wildman–Crippen LogP) is 3.63. The van der Waals surface area contributed by atoms with Crippen LogP contribution < -0.4 is 16.2 Å². The van der Waals surface area contributed by atoms with E-state index >= 15 is 0 Å². The fourth-order valence-corrected chi connectivity index (χ4v) is 5.01. The second-order valence-corrected chi connectivity index (χ2v) is 9.78. The summed E-state index contributed by atoms with van der Waals surface area (Å²) in [6, 6.07) is 13.0. The van der Waals surface area contributed by atoms with E-state index < -0.39 is 0 Å². The SMILES string of the molecule is CC(C)n1nc(-c2sc(NC(=O)CNCCN3CCCCC3)nc2-c2ccccc2)ccc1=O. The molecule has 1 amide bonds. The van der Waals surface area contributed by atoms with Gasteiger partial charge in [-0.3, -0.25) is 9.59 Å². The maximum atomic E-state index is 12.6. The first-order valence-electron chi connectivity index (χ1n) is 11.9. The Bertz CT molecular complexity index is 1150. The molecule has 1 aliphatic rings. The van der Waals surface area contributed by atoms with Crippen LogP contribution in [-0.4, -0.2) is 58.3 Å². The summed E-state index contributed by atoms with van der Waals surface area (Å²) in [6.07, 6.45) is 3.85. The van der Waals surface area contributed by atoms with Crippen molar-refractivity contribution in [3.63, 3.8) is 0 Å². The van der Waals surface area contributed by atoms with Crippen molar-refractivity contribution in [1.82, 2.24) is 25.0 Å². The number of carbonyl (C=O) groups excluding carboxylic acids is 1. The fourth-order valence-electron chi connectivity index (χ4n) is 4.04. The summed E-state index contributed by atoms with van der Waals surface area (Å²) in [5.74, 6) is -0.126. The highest BCUT2D eigenvalue weighted by atomic mass is 32.1. The van der Waals surface area contributed by atoms with Gasteiger partial charge in [-0.2, -0.15) is 5.10 Å². The number of aromatic nitrogens is 3. The molecule has 0 spiro atoms. The van der Waals surface area contributed by atoms with Crippen molar-refractivity contribution < 1.29 is 4.79 Å². The number of piperidine rings is 1. The third-order valence-electron chi connectivity index (χ3n) is 5.81. The van der Waals surface area contributed by atoms with Crippen LogP contribution in [0.2, 0.25) is 0 Å². The maximum absolute atomic E-state index is 12.6. The summed E-state index contributed by atoms with van der Waals surface area (Å²) in [5, 5.41) is 11.2. The van der Waals surface area contributed by atoms with Gasteiger partial charge in [0.2, 0.25) is 5.91 Å². The van der Waals surface area contributed by atoms with E-state index in [0.29, 0.717) is 10.8 Å². The summed E-state index contributed by atoms with van der Waals surface area (Å²) in [6.45, 7) is 8.13. The van der Waals surface area contributed by atoms with E-state index in [4.69, 9.17) is 4.98 Å². The molecule has 3 aromatic rings. The van der Waals surface area contributed by atoms with Crippen LogP contribution in [0.4, 0.5) is 5.13 Å². The van der Waals surface area contributed by atoms with Gasteiger partial charge in [0.25, 0.3) is 5.56 Å². The van der Waals surface area contributed by atoms with Crippen LogP contribution in [-0.2, 0) is 4.79 Å². The molecule has 0 unspecified atom stereocenters. The highest BCUT2D eigenvalue weighted by Crippen LogP contribution is 2.37. The maximum Gasteiger partial charge on any atom is 0.267 e. The van der Waals surface area contributed by atoms with Gasteiger partial charge in [-0.25, -0.2) is 9.67 Å². The lowest BCUT2D eigenvalue weighted by Gasteiger charge is -2.26. The highest BCUT2D eigenvalue weighted by Gasteiger charge is 2.19. The Kier molecular flexibility index (Phi) is 8.21. The average Bonchev–Trinajstić information content (AvgIpc) is 3.27. The van der Waals surface area contributed by atoms with Crippen LogP contribution in [0.5, 0.6) is 0 Å². The number of likely N-dealkylation sites (tertiary alicyclic amines) is 1. The van der Waals surface area contributed by atoms with Crippen molar-refractivity contribution in [1.29, 1.82) is 0 Å². The summed E-state index contributed by atoms with van der Waals surface area (Å²) in [4.78, 5) is 32.7. The number of carbonyl (C=O) groups is 1. The van der Waals surface area contributed by atoms with E-state index in [1.165, 1.54) is 41.3 Å². The molecule has 1 saturated heterocycles. The predicted molar refractivity (Wildman–Crippen MR) is 137 cm³/mol. The van der Waals surface area contributed by atoms with Crippen LogP contribution in [0.1, 0.15) is 39.2 Å². The lowest BCUT2D eigenvalue weighted by molar-refractivity contribution is -0.115. The van der Waals surface area contributed by atoms with Crippen molar-refractivity contribution >= 4 is 22.4 Å². The van der Waals surface area contributed by atoms with Gasteiger partial charge in [-0.15, -0.1) is 0 Å². The largest absolute Gasteiger partial charge is 0.307 e. The molecule has 0 atom stereocenters. The number of hydrogen-bond acceptors (Lipinski definition) is 7. The van der Waals surface area contributed by atoms with Gasteiger partial charge in [0.15, 0.2) is 5.13 Å². The van der Waals surface area contributed by atoms with Crippen molar-refractivity contribution in [2.24, 2.45) is 0 Å². The quantitative estimate of drug-likeness (QED) is 0.455. The molecule has 1 aromatic carbocycles. The van der Waals surface area contributed by atoms with Crippen molar-refractivity contribution in [2.75, 3.05) is 38.0 Å². The van der Waals surface area contributed by atoms with Crippen LogP contribution in [0.15, 0.2) is 47.3 Å². The molecule has 0 saturated carbocycles. The number of rotatable bonds is 9. The summed E-state index contributed by atoms with van der Waals surface area (Å²) < 4.78 is 1.47. The van der Waals surface area contributed by atoms with Crippen molar-refractivity contribution in [3.05, 3.63) is 52.8 Å². The van der Waals surface area contributed by atoms with E-state index in [-0.39, 0.29) is 24.1 Å². The zero-order valence-electron chi connectivity index (χ0n) is 19.8. The minimum Gasteiger partial charge on any atom is -0.307 e. The molecule has 0 radical (unpaired) electrons. The molecular formula is C25H32N6O2S. The summed E-state index contributed by atoms with van der Waals surface area (Å²) >= 11 is 1.37. The zero-order valence-corrected chi connectivity index (χ0v) is 20.6. The molecule has 0 aliphatic carbocycles. The number of nitrogens with zero attached hydrogens (tertiary/aromatic N) is 4. The molecule has 1 fully saturated rings. The molecule has 180 valence electrons. The number of anilines is 1. The Morgan fingerprint density at radius 3 is 2.59 bits per heavy atom. The van der Waals surface area contributed by atoms with Gasteiger partial charge in [0, 0.05) is 24.7 Å². The molecule has 8 nitrogen and oxygen atoms in total. The number of nitrogens with one attached hydrogen (secondary N) is 2. The highest BCUT2D eigenvalue weighted by molar-refractivity contribution is 7.19. The Morgan fingerprint density at radius 2 is 1.85 bits per heavy atom. The van der Waals surface area contributed by atoms with Gasteiger partial charge in [-0.05, 0) is 45.8 Å². The van der Waals surface area contributed by atoms with E-state index in [0.717, 1.165) is 42.3 Å². The van der Waals surface area contributed by atoms with Crippen LogP contribution >= 0.6 is 11.3 Å². The molecule has 9 heteroatoms.